The highest BCUT2D eigenvalue weighted by Crippen LogP contribution is 1.96. The Labute approximate surface area is 61.6 Å². The molecule has 1 heterocycles. The molecule has 0 N–H and O–H groups in total. The van der Waals surface area contributed by atoms with E-state index in [1.807, 2.05) is 0 Å². The Kier molecular flexibility index (Phi) is 2.83. The number of carbonyl (C=O) groups is 1. The van der Waals surface area contributed by atoms with Crippen molar-refractivity contribution in [2.24, 2.45) is 0 Å². The van der Waals surface area contributed by atoms with E-state index in [9.17, 15) is 4.79 Å². The highest BCUT2D eigenvalue weighted by atomic mass is 18.1. The van der Waals surface area contributed by atoms with Crippen molar-refractivity contribution >= 4 is 6.29 Å². The van der Waals surface area contributed by atoms with Crippen LogP contribution in [-0.2, 0) is 4.79 Å². The van der Waals surface area contributed by atoms with Crippen molar-refractivity contribution in [1.29, 1.82) is 0 Å². The summed E-state index contributed by atoms with van der Waals surface area (Å²) in [6.45, 7) is 4.86. The van der Waals surface area contributed by atoms with Gasteiger partial charge in [-0.05, 0) is 7.05 Å². The van der Waals surface area contributed by atoms with E-state index in [2.05, 4.69) is 16.8 Å². The van der Waals surface area contributed by atoms with Crippen molar-refractivity contribution in [3.8, 4) is 0 Å². The van der Waals surface area contributed by atoms with E-state index in [0.29, 0.717) is 6.54 Å². The van der Waals surface area contributed by atoms with Gasteiger partial charge < -0.3 is 9.69 Å². The maximum absolute atomic E-state index is 10.1. The van der Waals surface area contributed by atoms with Crippen molar-refractivity contribution in [3.05, 3.63) is 0 Å². The molecule has 1 aliphatic heterocycles. The first kappa shape index (κ1) is 7.69. The predicted molar refractivity (Wildman–Crippen MR) is 40.0 cm³/mol. The second-order valence-corrected chi connectivity index (χ2v) is 2.77. The summed E-state index contributed by atoms with van der Waals surface area (Å²) in [5.74, 6) is 0. The van der Waals surface area contributed by atoms with E-state index in [0.717, 1.165) is 32.5 Å². The summed E-state index contributed by atoms with van der Waals surface area (Å²) in [5.41, 5.74) is 0. The molecule has 0 spiro atoms. The van der Waals surface area contributed by atoms with E-state index < -0.39 is 0 Å². The Hall–Kier alpha value is -0.410. The van der Waals surface area contributed by atoms with Crippen LogP contribution in [0.5, 0.6) is 0 Å². The average molecular weight is 144 g/mol. The smallest absolute Gasteiger partial charge is 0.133 e. The van der Waals surface area contributed by atoms with Gasteiger partial charge in [0.2, 0.25) is 0 Å². The summed E-state index contributed by atoms with van der Waals surface area (Å²) in [5, 5.41) is 0. The summed E-state index contributed by atoms with van der Waals surface area (Å²) in [6.07, 6.45) is 0.978. The van der Waals surface area contributed by atoms with Gasteiger partial charge in [-0.1, -0.05) is 0 Å². The van der Waals surface area contributed by atoms with E-state index in [1.54, 1.807) is 0 Å². The fourth-order valence-electron chi connectivity index (χ4n) is 1.14. The van der Waals surface area contributed by atoms with Crippen LogP contribution in [0.4, 0.5) is 0 Å². The third-order valence-electron chi connectivity index (χ3n) is 1.93. The van der Waals surface area contributed by atoms with Crippen molar-refractivity contribution in [2.45, 2.75) is 0 Å². The molecule has 0 aromatic carbocycles. The second-order valence-electron chi connectivity index (χ2n) is 2.77. The van der Waals surface area contributed by atoms with Gasteiger partial charge in [0.25, 0.3) is 0 Å². The summed E-state index contributed by atoms with van der Waals surface area (Å²) in [6, 6.07) is 0. The zero-order valence-electron chi connectivity index (χ0n) is 6.42. The highest BCUT2D eigenvalue weighted by Gasteiger charge is 2.11. The fraction of sp³-hybridized carbons (Fsp3) is 0.857. The monoisotopic (exact) mass is 144 g/mol. The van der Waals surface area contributed by atoms with Gasteiger partial charge in [-0.25, -0.2) is 0 Å². The van der Waals surface area contributed by atoms with Gasteiger partial charge in [0.1, 0.15) is 6.29 Å². The van der Waals surface area contributed by atoms with Crippen LogP contribution in [0, 0.1) is 0 Å². The van der Waals surface area contributed by atoms with Crippen LogP contribution in [-0.4, -0.2) is 55.9 Å². The average Bonchev–Trinajstić information content (AvgIpc) is 1.95. The summed E-state index contributed by atoms with van der Waals surface area (Å²) >= 11 is 0. The maximum atomic E-state index is 10.1. The summed E-state index contributed by atoms with van der Waals surface area (Å²) in [4.78, 5) is 14.6. The SMILES string of the molecule is CN1CCN(CC=[18O])CC1. The number of carbonyl (C=O) groups excluding carboxylic acids is 1. The minimum absolute atomic E-state index is 0.605. The molecule has 1 rings (SSSR count). The minimum Gasteiger partial charge on any atom is -0.304 e. The van der Waals surface area contributed by atoms with Crippen molar-refractivity contribution < 1.29 is 4.79 Å². The number of hydrogen-bond donors (Lipinski definition) is 0. The van der Waals surface area contributed by atoms with Gasteiger partial charge in [0, 0.05) is 26.2 Å². The highest BCUT2D eigenvalue weighted by molar-refractivity contribution is 5.51. The van der Waals surface area contributed by atoms with Crippen LogP contribution in [0.2, 0.25) is 0 Å². The fourth-order valence-corrected chi connectivity index (χ4v) is 1.14. The Morgan fingerprint density at radius 3 is 2.40 bits per heavy atom. The first-order valence-corrected chi connectivity index (χ1v) is 3.67. The molecule has 0 aromatic rings. The molecule has 0 aromatic heterocycles. The third-order valence-corrected chi connectivity index (χ3v) is 1.93. The number of aldehydes is 1. The Morgan fingerprint density at radius 2 is 1.90 bits per heavy atom. The lowest BCUT2D eigenvalue weighted by Crippen LogP contribution is -2.44. The minimum atomic E-state index is 0.605. The number of likely N-dealkylation sites (N-methyl/N-ethyl adjacent to an activating group) is 1. The molecule has 1 fully saturated rings. The first-order chi connectivity index (χ1) is 4.83. The number of hydrogen-bond acceptors (Lipinski definition) is 3. The lowest BCUT2D eigenvalue weighted by atomic mass is 10.3. The second kappa shape index (κ2) is 3.68. The van der Waals surface area contributed by atoms with Gasteiger partial charge >= 0.3 is 0 Å². The van der Waals surface area contributed by atoms with E-state index in [4.69, 9.17) is 0 Å². The van der Waals surface area contributed by atoms with Crippen LogP contribution >= 0.6 is 0 Å². The van der Waals surface area contributed by atoms with Gasteiger partial charge in [-0.15, -0.1) is 0 Å². The Morgan fingerprint density at radius 1 is 1.30 bits per heavy atom. The van der Waals surface area contributed by atoms with Crippen LogP contribution in [0.3, 0.4) is 0 Å². The van der Waals surface area contributed by atoms with E-state index >= 15 is 0 Å². The third kappa shape index (κ3) is 2.08. The molecule has 0 saturated carbocycles. The molecule has 1 aliphatic rings. The van der Waals surface area contributed by atoms with E-state index in [1.165, 1.54) is 0 Å². The summed E-state index contributed by atoms with van der Waals surface area (Å²) < 4.78 is 0. The predicted octanol–water partition coefficient (Wildman–Crippen LogP) is -0.567. The molecule has 0 atom stereocenters. The number of piperazine rings is 1. The molecular formula is C7H14N2O. The Bertz CT molecular complexity index is 108. The molecule has 0 aliphatic carbocycles. The van der Waals surface area contributed by atoms with Gasteiger partial charge in [-0.3, -0.25) is 4.90 Å². The van der Waals surface area contributed by atoms with Crippen molar-refractivity contribution in [2.75, 3.05) is 39.8 Å². The van der Waals surface area contributed by atoms with E-state index in [-0.39, 0.29) is 0 Å². The lowest BCUT2D eigenvalue weighted by Gasteiger charge is -2.30. The largest absolute Gasteiger partial charge is 0.304 e. The maximum Gasteiger partial charge on any atom is 0.133 e. The zero-order chi connectivity index (χ0) is 7.40. The van der Waals surface area contributed by atoms with Crippen LogP contribution in [0.1, 0.15) is 0 Å². The molecule has 3 nitrogen and oxygen atoms in total. The van der Waals surface area contributed by atoms with Gasteiger partial charge in [-0.2, -0.15) is 0 Å². The zero-order valence-corrected chi connectivity index (χ0v) is 6.42. The molecule has 10 heavy (non-hydrogen) atoms. The molecule has 0 bridgehead atoms. The van der Waals surface area contributed by atoms with Gasteiger partial charge in [0.15, 0.2) is 0 Å². The van der Waals surface area contributed by atoms with Crippen molar-refractivity contribution in [3.63, 3.8) is 0 Å². The van der Waals surface area contributed by atoms with Gasteiger partial charge in [0.05, 0.1) is 6.54 Å². The molecule has 58 valence electrons. The molecule has 0 unspecified atom stereocenters. The molecular weight excluding hydrogens is 130 g/mol. The topological polar surface area (TPSA) is 23.6 Å². The standard InChI is InChI=1S/C7H14N2O/c1-8-2-4-9(5-3-8)6-7-10/h7H,2-6H2,1H3/i10+2. The van der Waals surface area contributed by atoms with Crippen LogP contribution in [0.25, 0.3) is 0 Å². The molecule has 3 heteroatoms. The number of rotatable bonds is 2. The Balaban J connectivity index is 2.19. The number of nitrogens with zero attached hydrogens (tertiary/aromatic N) is 2. The molecule has 1 saturated heterocycles. The van der Waals surface area contributed by atoms with Crippen LogP contribution < -0.4 is 0 Å². The van der Waals surface area contributed by atoms with Crippen molar-refractivity contribution in [1.82, 2.24) is 9.80 Å². The first-order valence-electron chi connectivity index (χ1n) is 3.67. The molecule has 0 amide bonds. The summed E-state index contributed by atoms with van der Waals surface area (Å²) in [7, 11) is 2.11. The van der Waals surface area contributed by atoms with Crippen LogP contribution in [0.15, 0.2) is 0 Å². The lowest BCUT2D eigenvalue weighted by molar-refractivity contribution is -0.109. The normalized spacial score (nSPS) is 22.9. The molecule has 0 radical (unpaired) electrons. The quantitative estimate of drug-likeness (QED) is 0.383.